The van der Waals surface area contributed by atoms with Crippen LogP contribution in [-0.4, -0.2) is 14.8 Å². The highest BCUT2D eigenvalue weighted by atomic mass is 15.3. The Balaban J connectivity index is 2.33. The van der Waals surface area contributed by atoms with Gasteiger partial charge in [0.25, 0.3) is 0 Å². The zero-order chi connectivity index (χ0) is 12.6. The third kappa shape index (κ3) is 2.23. The fourth-order valence-corrected chi connectivity index (χ4v) is 2.83. The van der Waals surface area contributed by atoms with E-state index >= 15 is 0 Å². The largest absolute Gasteiger partial charge is 0.319 e. The summed E-state index contributed by atoms with van der Waals surface area (Å²) >= 11 is 0. The molecule has 0 amide bonds. The molecule has 1 aromatic rings. The second-order valence-corrected chi connectivity index (χ2v) is 5.87. The zero-order valence-corrected chi connectivity index (χ0v) is 11.4. The van der Waals surface area contributed by atoms with Gasteiger partial charge >= 0.3 is 0 Å². The number of nitrogens with zero attached hydrogens (tertiary/aromatic N) is 3. The SMILES string of the molecule is Cc1nnc(C2(N)CCC(C)CC2)n1C(C)C. The molecular formula is C13H24N4. The highest BCUT2D eigenvalue weighted by Crippen LogP contribution is 2.37. The Labute approximate surface area is 104 Å². The van der Waals surface area contributed by atoms with E-state index in [0.29, 0.717) is 6.04 Å². The lowest BCUT2D eigenvalue weighted by molar-refractivity contribution is 0.227. The van der Waals surface area contributed by atoms with Crippen molar-refractivity contribution < 1.29 is 0 Å². The maximum Gasteiger partial charge on any atom is 0.153 e. The molecule has 0 atom stereocenters. The number of aryl methyl sites for hydroxylation is 1. The Morgan fingerprint density at radius 3 is 2.41 bits per heavy atom. The van der Waals surface area contributed by atoms with Crippen LogP contribution in [0.3, 0.4) is 0 Å². The minimum absolute atomic E-state index is 0.266. The van der Waals surface area contributed by atoms with Crippen LogP contribution in [0.15, 0.2) is 0 Å². The molecule has 1 heterocycles. The highest BCUT2D eigenvalue weighted by Gasteiger charge is 2.37. The van der Waals surface area contributed by atoms with Crippen molar-refractivity contribution in [1.29, 1.82) is 0 Å². The van der Waals surface area contributed by atoms with E-state index in [4.69, 9.17) is 5.73 Å². The fraction of sp³-hybridized carbons (Fsp3) is 0.846. The molecule has 0 radical (unpaired) electrons. The van der Waals surface area contributed by atoms with Gasteiger partial charge < -0.3 is 10.3 Å². The summed E-state index contributed by atoms with van der Waals surface area (Å²) in [5, 5.41) is 8.56. The average molecular weight is 236 g/mol. The lowest BCUT2D eigenvalue weighted by Crippen LogP contribution is -2.43. The quantitative estimate of drug-likeness (QED) is 0.858. The van der Waals surface area contributed by atoms with E-state index in [2.05, 4.69) is 35.5 Å². The van der Waals surface area contributed by atoms with Gasteiger partial charge in [-0.05, 0) is 52.4 Å². The first-order chi connectivity index (χ1) is 7.94. The van der Waals surface area contributed by atoms with Crippen molar-refractivity contribution in [2.24, 2.45) is 11.7 Å². The summed E-state index contributed by atoms with van der Waals surface area (Å²) in [6.07, 6.45) is 4.44. The van der Waals surface area contributed by atoms with Crippen molar-refractivity contribution in [1.82, 2.24) is 14.8 Å². The van der Waals surface area contributed by atoms with Crippen LogP contribution < -0.4 is 5.73 Å². The molecule has 17 heavy (non-hydrogen) atoms. The molecule has 1 fully saturated rings. The van der Waals surface area contributed by atoms with Gasteiger partial charge in [-0.1, -0.05) is 6.92 Å². The first kappa shape index (κ1) is 12.6. The molecule has 0 unspecified atom stereocenters. The molecule has 1 saturated carbocycles. The van der Waals surface area contributed by atoms with Crippen LogP contribution in [0.25, 0.3) is 0 Å². The second-order valence-electron chi connectivity index (χ2n) is 5.87. The Bertz CT molecular complexity index is 386. The van der Waals surface area contributed by atoms with Gasteiger partial charge in [-0.2, -0.15) is 0 Å². The van der Waals surface area contributed by atoms with Crippen LogP contribution in [-0.2, 0) is 5.54 Å². The van der Waals surface area contributed by atoms with Gasteiger partial charge in [-0.25, -0.2) is 0 Å². The van der Waals surface area contributed by atoms with Crippen LogP contribution >= 0.6 is 0 Å². The molecule has 0 aromatic carbocycles. The van der Waals surface area contributed by atoms with E-state index in [9.17, 15) is 0 Å². The second kappa shape index (κ2) is 4.41. The summed E-state index contributed by atoms with van der Waals surface area (Å²) in [4.78, 5) is 0. The van der Waals surface area contributed by atoms with E-state index < -0.39 is 0 Å². The van der Waals surface area contributed by atoms with Crippen LogP contribution in [0.1, 0.15) is 64.1 Å². The van der Waals surface area contributed by atoms with Gasteiger partial charge in [-0.3, -0.25) is 0 Å². The Kier molecular flexibility index (Phi) is 3.25. The Morgan fingerprint density at radius 1 is 1.29 bits per heavy atom. The summed E-state index contributed by atoms with van der Waals surface area (Å²) in [6.45, 7) is 8.63. The highest BCUT2D eigenvalue weighted by molar-refractivity contribution is 5.10. The minimum Gasteiger partial charge on any atom is -0.319 e. The molecule has 1 aliphatic rings. The smallest absolute Gasteiger partial charge is 0.153 e. The number of hydrogen-bond acceptors (Lipinski definition) is 3. The minimum atomic E-state index is -0.266. The van der Waals surface area contributed by atoms with Crippen molar-refractivity contribution in [2.45, 2.75) is 65.0 Å². The average Bonchev–Trinajstić information content (AvgIpc) is 2.66. The molecule has 1 aliphatic carbocycles. The van der Waals surface area contributed by atoms with Gasteiger partial charge in [0.2, 0.25) is 0 Å². The molecule has 0 aliphatic heterocycles. The van der Waals surface area contributed by atoms with Crippen LogP contribution in [0, 0.1) is 12.8 Å². The third-order valence-electron chi connectivity index (χ3n) is 3.99. The molecule has 0 spiro atoms. The topological polar surface area (TPSA) is 56.7 Å². The van der Waals surface area contributed by atoms with Crippen LogP contribution in [0.4, 0.5) is 0 Å². The van der Waals surface area contributed by atoms with E-state index in [0.717, 1.165) is 30.4 Å². The van der Waals surface area contributed by atoms with Gasteiger partial charge in [0.15, 0.2) is 5.82 Å². The normalized spacial score (nSPS) is 29.9. The van der Waals surface area contributed by atoms with E-state index in [-0.39, 0.29) is 5.54 Å². The van der Waals surface area contributed by atoms with Crippen molar-refractivity contribution >= 4 is 0 Å². The monoisotopic (exact) mass is 236 g/mol. The Hall–Kier alpha value is -0.900. The van der Waals surface area contributed by atoms with Crippen LogP contribution in [0.5, 0.6) is 0 Å². The zero-order valence-electron chi connectivity index (χ0n) is 11.4. The van der Waals surface area contributed by atoms with Crippen molar-refractivity contribution in [3.05, 3.63) is 11.6 Å². The predicted molar refractivity (Wildman–Crippen MR) is 68.6 cm³/mol. The maximum absolute atomic E-state index is 6.57. The first-order valence-electron chi connectivity index (χ1n) is 6.65. The molecular weight excluding hydrogens is 212 g/mol. The molecule has 4 nitrogen and oxygen atoms in total. The molecule has 0 saturated heterocycles. The van der Waals surface area contributed by atoms with Gasteiger partial charge in [0.05, 0.1) is 5.54 Å². The van der Waals surface area contributed by atoms with Crippen LogP contribution in [0.2, 0.25) is 0 Å². The lowest BCUT2D eigenvalue weighted by atomic mass is 9.77. The molecule has 96 valence electrons. The summed E-state index contributed by atoms with van der Waals surface area (Å²) in [5.41, 5.74) is 6.31. The summed E-state index contributed by atoms with van der Waals surface area (Å²) in [5.74, 6) is 2.75. The van der Waals surface area contributed by atoms with E-state index in [1.165, 1.54) is 12.8 Å². The molecule has 0 bridgehead atoms. The van der Waals surface area contributed by atoms with E-state index in [1.807, 2.05) is 6.92 Å². The molecule has 2 N–H and O–H groups in total. The summed E-state index contributed by atoms with van der Waals surface area (Å²) in [6, 6.07) is 0.375. The molecule has 1 aromatic heterocycles. The van der Waals surface area contributed by atoms with E-state index in [1.54, 1.807) is 0 Å². The van der Waals surface area contributed by atoms with Gasteiger partial charge in [0, 0.05) is 6.04 Å². The Morgan fingerprint density at radius 2 is 1.88 bits per heavy atom. The summed E-state index contributed by atoms with van der Waals surface area (Å²) < 4.78 is 2.19. The predicted octanol–water partition coefficient (Wildman–Crippen LogP) is 2.53. The van der Waals surface area contributed by atoms with Crippen molar-refractivity contribution in [2.75, 3.05) is 0 Å². The van der Waals surface area contributed by atoms with Gasteiger partial charge in [0.1, 0.15) is 5.82 Å². The standard InChI is InChI=1S/C13H24N4/c1-9(2)17-11(4)15-16-12(17)13(14)7-5-10(3)6-8-13/h9-10H,5-8,14H2,1-4H3. The van der Waals surface area contributed by atoms with Crippen molar-refractivity contribution in [3.8, 4) is 0 Å². The number of rotatable bonds is 2. The fourth-order valence-electron chi connectivity index (χ4n) is 2.83. The molecule has 2 rings (SSSR count). The van der Waals surface area contributed by atoms with Gasteiger partial charge in [-0.15, -0.1) is 10.2 Å². The lowest BCUT2D eigenvalue weighted by Gasteiger charge is -2.36. The first-order valence-corrected chi connectivity index (χ1v) is 6.65. The maximum atomic E-state index is 6.57. The van der Waals surface area contributed by atoms with Crippen molar-refractivity contribution in [3.63, 3.8) is 0 Å². The third-order valence-corrected chi connectivity index (χ3v) is 3.99. The number of aromatic nitrogens is 3. The summed E-state index contributed by atoms with van der Waals surface area (Å²) in [7, 11) is 0. The number of nitrogens with two attached hydrogens (primary N) is 1. The number of hydrogen-bond donors (Lipinski definition) is 1. The molecule has 4 heteroatoms.